The van der Waals surface area contributed by atoms with Crippen LogP contribution in [0.3, 0.4) is 0 Å². The van der Waals surface area contributed by atoms with Crippen LogP contribution in [-0.4, -0.2) is 13.1 Å². The lowest BCUT2D eigenvalue weighted by Crippen LogP contribution is -2.26. The van der Waals surface area contributed by atoms with E-state index in [-0.39, 0.29) is 0 Å². The van der Waals surface area contributed by atoms with E-state index in [1.807, 2.05) is 0 Å². The highest BCUT2D eigenvalue weighted by molar-refractivity contribution is 9.10. The predicted molar refractivity (Wildman–Crippen MR) is 94.6 cm³/mol. The van der Waals surface area contributed by atoms with Crippen molar-refractivity contribution in [3.8, 4) is 0 Å². The van der Waals surface area contributed by atoms with E-state index in [4.69, 9.17) is 0 Å². The van der Waals surface area contributed by atoms with E-state index in [9.17, 15) is 0 Å². The topological polar surface area (TPSA) is 12.0 Å². The van der Waals surface area contributed by atoms with E-state index in [0.717, 1.165) is 30.4 Å². The molecule has 2 rings (SSSR count). The van der Waals surface area contributed by atoms with E-state index in [2.05, 4.69) is 82.8 Å². The molecule has 0 aliphatic rings. The summed E-state index contributed by atoms with van der Waals surface area (Å²) in [5, 5.41) is 3.58. The summed E-state index contributed by atoms with van der Waals surface area (Å²) in [6, 6.07) is 19.5. The highest BCUT2D eigenvalue weighted by Gasteiger charge is 2.10. The van der Waals surface area contributed by atoms with Gasteiger partial charge >= 0.3 is 0 Å². The molecule has 2 heteroatoms. The Morgan fingerprint density at radius 3 is 2.14 bits per heavy atom. The molecule has 0 heterocycles. The molecule has 2 aromatic carbocycles. The summed E-state index contributed by atoms with van der Waals surface area (Å²) < 4.78 is 1.15. The molecule has 0 aliphatic heterocycles. The van der Waals surface area contributed by atoms with Gasteiger partial charge in [0.25, 0.3) is 0 Å². The molecule has 112 valence electrons. The van der Waals surface area contributed by atoms with Gasteiger partial charge in [-0.15, -0.1) is 0 Å². The van der Waals surface area contributed by atoms with Crippen LogP contribution in [-0.2, 0) is 12.8 Å². The van der Waals surface area contributed by atoms with Crippen molar-refractivity contribution in [2.24, 2.45) is 5.92 Å². The third kappa shape index (κ3) is 6.03. The minimum Gasteiger partial charge on any atom is -0.316 e. The number of halogens is 1. The van der Waals surface area contributed by atoms with Crippen LogP contribution < -0.4 is 5.32 Å². The molecule has 1 nitrogen and oxygen atoms in total. The maximum absolute atomic E-state index is 3.58. The average molecular weight is 346 g/mol. The van der Waals surface area contributed by atoms with Gasteiger partial charge in [-0.3, -0.25) is 0 Å². The van der Waals surface area contributed by atoms with Crippen LogP contribution in [0, 0.1) is 5.92 Å². The van der Waals surface area contributed by atoms with Crippen LogP contribution >= 0.6 is 15.9 Å². The first-order valence-electron chi connectivity index (χ1n) is 7.77. The minimum atomic E-state index is 0.639. The summed E-state index contributed by atoms with van der Waals surface area (Å²) in [4.78, 5) is 0. The fraction of sp³-hybridized carbons (Fsp3) is 0.368. The highest BCUT2D eigenvalue weighted by atomic mass is 79.9. The predicted octanol–water partition coefficient (Wildman–Crippen LogP) is 4.85. The average Bonchev–Trinajstić information content (AvgIpc) is 2.51. The zero-order valence-corrected chi connectivity index (χ0v) is 14.3. The molecule has 21 heavy (non-hydrogen) atoms. The standard InChI is InChI=1S/C19H24BrN/c1-2-12-21-15-18(13-16-6-4-3-5-7-16)14-17-8-10-19(20)11-9-17/h3-11,18,21H,2,12-15H2,1H3. The second-order valence-electron chi connectivity index (χ2n) is 5.59. The SMILES string of the molecule is CCCNCC(Cc1ccccc1)Cc1ccc(Br)cc1. The molecule has 1 N–H and O–H groups in total. The lowest BCUT2D eigenvalue weighted by atomic mass is 9.92. The zero-order chi connectivity index (χ0) is 14.9. The number of nitrogens with one attached hydrogen (secondary N) is 1. The van der Waals surface area contributed by atoms with E-state index >= 15 is 0 Å². The number of benzene rings is 2. The summed E-state index contributed by atoms with van der Waals surface area (Å²) in [7, 11) is 0. The molecule has 0 bridgehead atoms. The first-order valence-corrected chi connectivity index (χ1v) is 8.56. The first kappa shape index (κ1) is 16.3. The Morgan fingerprint density at radius 1 is 0.905 bits per heavy atom. The Hall–Kier alpha value is -1.12. The van der Waals surface area contributed by atoms with Crippen molar-refractivity contribution in [3.05, 3.63) is 70.2 Å². The molecule has 2 aromatic rings. The lowest BCUT2D eigenvalue weighted by Gasteiger charge is -2.18. The monoisotopic (exact) mass is 345 g/mol. The van der Waals surface area contributed by atoms with E-state index < -0.39 is 0 Å². The van der Waals surface area contributed by atoms with Gasteiger partial charge in [0.15, 0.2) is 0 Å². The quantitative estimate of drug-likeness (QED) is 0.674. The van der Waals surface area contributed by atoms with Gasteiger partial charge in [-0.25, -0.2) is 0 Å². The summed E-state index contributed by atoms with van der Waals surface area (Å²) in [6.07, 6.45) is 3.45. The Balaban J connectivity index is 1.99. The molecule has 0 saturated heterocycles. The third-order valence-corrected chi connectivity index (χ3v) is 4.19. The molecule has 0 amide bonds. The van der Waals surface area contributed by atoms with Gasteiger partial charge in [0, 0.05) is 4.47 Å². The second kappa shape index (κ2) is 9.01. The summed E-state index contributed by atoms with van der Waals surface area (Å²) in [5.41, 5.74) is 2.84. The Morgan fingerprint density at radius 2 is 1.52 bits per heavy atom. The molecule has 0 radical (unpaired) electrons. The first-order chi connectivity index (χ1) is 10.3. The molecule has 0 fully saturated rings. The largest absolute Gasteiger partial charge is 0.316 e. The Bertz CT molecular complexity index is 507. The van der Waals surface area contributed by atoms with Gasteiger partial charge in [0.05, 0.1) is 0 Å². The van der Waals surface area contributed by atoms with Crippen LogP contribution in [0.15, 0.2) is 59.1 Å². The molecule has 0 aliphatic carbocycles. The van der Waals surface area contributed by atoms with Crippen molar-refractivity contribution in [2.45, 2.75) is 26.2 Å². The van der Waals surface area contributed by atoms with Crippen LogP contribution in [0.25, 0.3) is 0 Å². The lowest BCUT2D eigenvalue weighted by molar-refractivity contribution is 0.471. The molecular formula is C19H24BrN. The number of rotatable bonds is 8. The molecule has 1 unspecified atom stereocenters. The highest BCUT2D eigenvalue weighted by Crippen LogP contribution is 2.17. The van der Waals surface area contributed by atoms with Crippen LogP contribution in [0.5, 0.6) is 0 Å². The van der Waals surface area contributed by atoms with Crippen molar-refractivity contribution in [1.82, 2.24) is 5.32 Å². The normalized spacial score (nSPS) is 12.3. The second-order valence-corrected chi connectivity index (χ2v) is 6.51. The van der Waals surface area contributed by atoms with E-state index in [0.29, 0.717) is 5.92 Å². The summed E-state index contributed by atoms with van der Waals surface area (Å²) in [6.45, 7) is 4.40. The van der Waals surface area contributed by atoms with E-state index in [1.165, 1.54) is 17.5 Å². The smallest absolute Gasteiger partial charge is 0.0175 e. The van der Waals surface area contributed by atoms with Crippen molar-refractivity contribution < 1.29 is 0 Å². The Labute approximate surface area is 136 Å². The van der Waals surface area contributed by atoms with Crippen LogP contribution in [0.2, 0.25) is 0 Å². The van der Waals surface area contributed by atoms with Gasteiger partial charge in [-0.2, -0.15) is 0 Å². The molecule has 0 saturated carbocycles. The summed E-state index contributed by atoms with van der Waals surface area (Å²) in [5.74, 6) is 0.639. The number of hydrogen-bond acceptors (Lipinski definition) is 1. The summed E-state index contributed by atoms with van der Waals surface area (Å²) >= 11 is 3.50. The van der Waals surface area contributed by atoms with Gasteiger partial charge in [-0.05, 0) is 61.5 Å². The fourth-order valence-electron chi connectivity index (χ4n) is 2.60. The molecular weight excluding hydrogens is 322 g/mol. The van der Waals surface area contributed by atoms with Crippen molar-refractivity contribution in [3.63, 3.8) is 0 Å². The third-order valence-electron chi connectivity index (χ3n) is 3.66. The fourth-order valence-corrected chi connectivity index (χ4v) is 2.87. The Kier molecular flexibility index (Phi) is 6.98. The minimum absolute atomic E-state index is 0.639. The maximum Gasteiger partial charge on any atom is 0.0175 e. The number of hydrogen-bond donors (Lipinski definition) is 1. The van der Waals surface area contributed by atoms with Crippen molar-refractivity contribution >= 4 is 15.9 Å². The van der Waals surface area contributed by atoms with Crippen LogP contribution in [0.1, 0.15) is 24.5 Å². The molecule has 1 atom stereocenters. The molecule has 0 spiro atoms. The van der Waals surface area contributed by atoms with Crippen LogP contribution in [0.4, 0.5) is 0 Å². The van der Waals surface area contributed by atoms with Gasteiger partial charge < -0.3 is 5.32 Å². The van der Waals surface area contributed by atoms with Gasteiger partial charge in [0.2, 0.25) is 0 Å². The van der Waals surface area contributed by atoms with Crippen molar-refractivity contribution in [2.75, 3.05) is 13.1 Å². The molecule has 0 aromatic heterocycles. The van der Waals surface area contributed by atoms with Gasteiger partial charge in [0.1, 0.15) is 0 Å². The zero-order valence-electron chi connectivity index (χ0n) is 12.7. The van der Waals surface area contributed by atoms with E-state index in [1.54, 1.807) is 0 Å². The maximum atomic E-state index is 3.58. The van der Waals surface area contributed by atoms with Gasteiger partial charge in [-0.1, -0.05) is 65.3 Å². The van der Waals surface area contributed by atoms with Crippen molar-refractivity contribution in [1.29, 1.82) is 0 Å².